The largest absolute Gasteiger partial charge is 0.345 e. The molecule has 0 heterocycles. The number of hydrogen-bond acceptors (Lipinski definition) is 4. The second-order valence-corrected chi connectivity index (χ2v) is 5.01. The first kappa shape index (κ1) is 16.2. The number of carbonyl (C=O) groups is 2. The van der Waals surface area contributed by atoms with E-state index in [4.69, 9.17) is 0 Å². The zero-order valence-electron chi connectivity index (χ0n) is 12.6. The molecule has 0 bridgehead atoms. The van der Waals surface area contributed by atoms with Gasteiger partial charge in [0.05, 0.1) is 4.92 Å². The topological polar surface area (TPSA) is 92.6 Å². The predicted octanol–water partition coefficient (Wildman–Crippen LogP) is 2.55. The van der Waals surface area contributed by atoms with E-state index < -0.39 is 10.8 Å². The lowest BCUT2D eigenvalue weighted by Crippen LogP contribution is -2.21. The average Bonchev–Trinajstić information content (AvgIpc) is 2.54. The summed E-state index contributed by atoms with van der Waals surface area (Å²) < 4.78 is 0. The molecule has 0 atom stereocenters. The summed E-state index contributed by atoms with van der Waals surface area (Å²) in [4.78, 5) is 35.7. The van der Waals surface area contributed by atoms with Gasteiger partial charge < -0.3 is 10.2 Å². The first-order valence-corrected chi connectivity index (χ1v) is 6.76. The second-order valence-electron chi connectivity index (χ2n) is 5.01. The Kier molecular flexibility index (Phi) is 4.70. The summed E-state index contributed by atoms with van der Waals surface area (Å²) in [7, 11) is 3.29. The summed E-state index contributed by atoms with van der Waals surface area (Å²) in [5, 5.41) is 13.5. The third-order valence-corrected chi connectivity index (χ3v) is 3.14. The summed E-state index contributed by atoms with van der Waals surface area (Å²) in [6, 6.07) is 12.0. The highest BCUT2D eigenvalue weighted by atomic mass is 16.6. The number of hydrogen-bond donors (Lipinski definition) is 1. The molecule has 2 aromatic carbocycles. The number of para-hydroxylation sites is 1. The molecule has 0 fully saturated rings. The van der Waals surface area contributed by atoms with E-state index in [2.05, 4.69) is 5.32 Å². The Labute approximate surface area is 132 Å². The summed E-state index contributed by atoms with van der Waals surface area (Å²) in [5.41, 5.74) is 0.650. The zero-order chi connectivity index (χ0) is 17.0. The van der Waals surface area contributed by atoms with E-state index >= 15 is 0 Å². The van der Waals surface area contributed by atoms with Crippen molar-refractivity contribution in [2.75, 3.05) is 19.4 Å². The molecule has 0 spiro atoms. The zero-order valence-corrected chi connectivity index (χ0v) is 12.6. The standard InChI is InChI=1S/C16H15N3O4/c1-18(2)16(21)11-7-9-12(10-8-11)17-15(20)13-5-3-4-6-14(13)19(22)23/h3-10H,1-2H3,(H,17,20). The summed E-state index contributed by atoms with van der Waals surface area (Å²) in [6.45, 7) is 0. The molecular weight excluding hydrogens is 298 g/mol. The van der Waals surface area contributed by atoms with Crippen molar-refractivity contribution in [3.8, 4) is 0 Å². The normalized spacial score (nSPS) is 10.0. The Morgan fingerprint density at radius 1 is 1.04 bits per heavy atom. The Hall–Kier alpha value is -3.22. The maximum absolute atomic E-state index is 12.2. The van der Waals surface area contributed by atoms with Gasteiger partial charge >= 0.3 is 0 Å². The number of benzene rings is 2. The fourth-order valence-corrected chi connectivity index (χ4v) is 1.98. The lowest BCUT2D eigenvalue weighted by Gasteiger charge is -2.11. The summed E-state index contributed by atoms with van der Waals surface area (Å²) in [6.07, 6.45) is 0. The van der Waals surface area contributed by atoms with Crippen molar-refractivity contribution < 1.29 is 14.5 Å². The van der Waals surface area contributed by atoms with Crippen LogP contribution in [0.4, 0.5) is 11.4 Å². The molecule has 0 aliphatic rings. The van der Waals surface area contributed by atoms with Crippen LogP contribution in [0, 0.1) is 10.1 Å². The van der Waals surface area contributed by atoms with Gasteiger partial charge in [-0.25, -0.2) is 0 Å². The number of carbonyl (C=O) groups excluding carboxylic acids is 2. The number of nitro benzene ring substituents is 1. The molecule has 2 amide bonds. The van der Waals surface area contributed by atoms with E-state index in [-0.39, 0.29) is 17.2 Å². The molecule has 2 aromatic rings. The van der Waals surface area contributed by atoms with Crippen molar-refractivity contribution in [1.29, 1.82) is 0 Å². The Bertz CT molecular complexity index is 754. The number of rotatable bonds is 4. The van der Waals surface area contributed by atoms with Gasteiger partial charge in [-0.1, -0.05) is 12.1 Å². The van der Waals surface area contributed by atoms with Gasteiger partial charge in [0.25, 0.3) is 17.5 Å². The van der Waals surface area contributed by atoms with E-state index in [1.54, 1.807) is 44.4 Å². The fourth-order valence-electron chi connectivity index (χ4n) is 1.98. The minimum Gasteiger partial charge on any atom is -0.345 e. The molecule has 0 radical (unpaired) electrons. The van der Waals surface area contributed by atoms with Crippen LogP contribution in [-0.2, 0) is 0 Å². The van der Waals surface area contributed by atoms with Gasteiger partial charge in [0.2, 0.25) is 0 Å². The molecule has 0 saturated heterocycles. The van der Waals surface area contributed by atoms with E-state index in [0.29, 0.717) is 11.3 Å². The van der Waals surface area contributed by atoms with Gasteiger partial charge in [-0.05, 0) is 30.3 Å². The highest BCUT2D eigenvalue weighted by molar-refractivity contribution is 6.07. The van der Waals surface area contributed by atoms with Gasteiger partial charge in [-0.2, -0.15) is 0 Å². The molecule has 7 nitrogen and oxygen atoms in total. The molecule has 0 aromatic heterocycles. The maximum atomic E-state index is 12.2. The van der Waals surface area contributed by atoms with Gasteiger partial charge in [0.15, 0.2) is 0 Å². The number of anilines is 1. The SMILES string of the molecule is CN(C)C(=O)c1ccc(NC(=O)c2ccccc2[N+](=O)[O-])cc1. The third kappa shape index (κ3) is 3.70. The monoisotopic (exact) mass is 313 g/mol. The Morgan fingerprint density at radius 2 is 1.65 bits per heavy atom. The van der Waals surface area contributed by atoms with Crippen LogP contribution >= 0.6 is 0 Å². The smallest absolute Gasteiger partial charge is 0.282 e. The third-order valence-electron chi connectivity index (χ3n) is 3.14. The maximum Gasteiger partial charge on any atom is 0.282 e. The molecular formula is C16H15N3O4. The van der Waals surface area contributed by atoms with Crippen LogP contribution in [0.3, 0.4) is 0 Å². The lowest BCUT2D eigenvalue weighted by atomic mass is 10.1. The van der Waals surface area contributed by atoms with Gasteiger partial charge in [-0.3, -0.25) is 19.7 Å². The summed E-state index contributed by atoms with van der Waals surface area (Å²) in [5.74, 6) is -0.731. The molecule has 2 rings (SSSR count). The van der Waals surface area contributed by atoms with Gasteiger partial charge in [0, 0.05) is 31.4 Å². The number of nitro groups is 1. The average molecular weight is 313 g/mol. The highest BCUT2D eigenvalue weighted by Crippen LogP contribution is 2.19. The van der Waals surface area contributed by atoms with E-state index in [0.717, 1.165) is 0 Å². The van der Waals surface area contributed by atoms with Crippen molar-refractivity contribution in [2.45, 2.75) is 0 Å². The van der Waals surface area contributed by atoms with E-state index in [9.17, 15) is 19.7 Å². The van der Waals surface area contributed by atoms with E-state index in [1.165, 1.54) is 23.1 Å². The molecule has 23 heavy (non-hydrogen) atoms. The van der Waals surface area contributed by atoms with Crippen LogP contribution in [0.5, 0.6) is 0 Å². The quantitative estimate of drug-likeness (QED) is 0.693. The molecule has 0 saturated carbocycles. The molecule has 0 aliphatic carbocycles. The van der Waals surface area contributed by atoms with Crippen LogP contribution < -0.4 is 5.32 Å². The Balaban J connectivity index is 2.18. The molecule has 118 valence electrons. The van der Waals surface area contributed by atoms with E-state index in [1.807, 2.05) is 0 Å². The van der Waals surface area contributed by atoms with Crippen molar-refractivity contribution in [3.05, 3.63) is 69.8 Å². The predicted molar refractivity (Wildman–Crippen MR) is 85.5 cm³/mol. The lowest BCUT2D eigenvalue weighted by molar-refractivity contribution is -0.385. The highest BCUT2D eigenvalue weighted by Gasteiger charge is 2.19. The fraction of sp³-hybridized carbons (Fsp3) is 0.125. The van der Waals surface area contributed by atoms with Crippen molar-refractivity contribution in [2.24, 2.45) is 0 Å². The van der Waals surface area contributed by atoms with Crippen LogP contribution in [0.25, 0.3) is 0 Å². The molecule has 0 aliphatic heterocycles. The van der Waals surface area contributed by atoms with Crippen molar-refractivity contribution in [3.63, 3.8) is 0 Å². The van der Waals surface area contributed by atoms with Crippen LogP contribution in [0.2, 0.25) is 0 Å². The van der Waals surface area contributed by atoms with Crippen LogP contribution in [0.1, 0.15) is 20.7 Å². The first-order chi connectivity index (χ1) is 10.9. The number of nitrogens with one attached hydrogen (secondary N) is 1. The minimum atomic E-state index is -0.603. The second kappa shape index (κ2) is 6.69. The van der Waals surface area contributed by atoms with Crippen molar-refractivity contribution >= 4 is 23.2 Å². The number of nitrogens with zero attached hydrogens (tertiary/aromatic N) is 2. The van der Waals surface area contributed by atoms with Gasteiger partial charge in [0.1, 0.15) is 5.56 Å². The number of amides is 2. The summed E-state index contributed by atoms with van der Waals surface area (Å²) >= 11 is 0. The van der Waals surface area contributed by atoms with Crippen molar-refractivity contribution in [1.82, 2.24) is 4.90 Å². The molecule has 0 unspecified atom stereocenters. The molecule has 1 N–H and O–H groups in total. The molecule has 7 heteroatoms. The van der Waals surface area contributed by atoms with Gasteiger partial charge in [-0.15, -0.1) is 0 Å². The minimum absolute atomic E-state index is 0.0223. The van der Waals surface area contributed by atoms with Crippen LogP contribution in [0.15, 0.2) is 48.5 Å². The van der Waals surface area contributed by atoms with Crippen LogP contribution in [-0.4, -0.2) is 35.7 Å². The first-order valence-electron chi connectivity index (χ1n) is 6.76. The Morgan fingerprint density at radius 3 is 2.22 bits per heavy atom.